The number of halogens is 3. The van der Waals surface area contributed by atoms with Crippen LogP contribution in [-0.4, -0.2) is 0 Å². The molecule has 1 atom stereocenters. The van der Waals surface area contributed by atoms with E-state index in [0.717, 1.165) is 21.7 Å². The fourth-order valence-corrected chi connectivity index (χ4v) is 2.51. The van der Waals surface area contributed by atoms with Gasteiger partial charge in [-0.3, -0.25) is 11.3 Å². The van der Waals surface area contributed by atoms with Crippen LogP contribution in [0.3, 0.4) is 0 Å². The van der Waals surface area contributed by atoms with Crippen molar-refractivity contribution in [2.75, 3.05) is 0 Å². The Balaban J connectivity index is 2.23. The van der Waals surface area contributed by atoms with Crippen molar-refractivity contribution in [3.63, 3.8) is 0 Å². The van der Waals surface area contributed by atoms with Gasteiger partial charge < -0.3 is 0 Å². The monoisotopic (exact) mass is 328 g/mol. The second-order valence-electron chi connectivity index (χ2n) is 4.68. The Hall–Kier alpha value is -0.770. The third-order valence-corrected chi connectivity index (χ3v) is 4.37. The molecule has 2 nitrogen and oxygen atoms in total. The van der Waals surface area contributed by atoms with Gasteiger partial charge in [-0.1, -0.05) is 53.0 Å². The molecule has 0 aromatic heterocycles. The fourth-order valence-electron chi connectivity index (χ4n) is 2.00. The van der Waals surface area contributed by atoms with Crippen LogP contribution in [0.1, 0.15) is 22.7 Å². The standard InChI is InChI=1S/C15H15Cl3N2/c1-9-2-4-11(8-13(9)17)15(20-19)7-10-3-5-12(16)14(18)6-10/h2-6,8,15,20H,7,19H2,1H3. The van der Waals surface area contributed by atoms with Gasteiger partial charge in [-0.05, 0) is 48.2 Å². The van der Waals surface area contributed by atoms with Crippen molar-refractivity contribution in [2.45, 2.75) is 19.4 Å². The molecule has 0 fully saturated rings. The van der Waals surface area contributed by atoms with E-state index < -0.39 is 0 Å². The van der Waals surface area contributed by atoms with Crippen molar-refractivity contribution in [3.8, 4) is 0 Å². The molecule has 0 bridgehead atoms. The predicted octanol–water partition coefficient (Wildman–Crippen LogP) is 4.70. The normalized spacial score (nSPS) is 12.4. The van der Waals surface area contributed by atoms with Gasteiger partial charge in [0.15, 0.2) is 0 Å². The number of hydrogen-bond acceptors (Lipinski definition) is 2. The van der Waals surface area contributed by atoms with Crippen LogP contribution in [-0.2, 0) is 6.42 Å². The average Bonchev–Trinajstić information content (AvgIpc) is 2.43. The van der Waals surface area contributed by atoms with Gasteiger partial charge in [-0.2, -0.15) is 0 Å². The molecule has 1 unspecified atom stereocenters. The summed E-state index contributed by atoms with van der Waals surface area (Å²) in [5.41, 5.74) is 5.95. The molecule has 3 N–H and O–H groups in total. The van der Waals surface area contributed by atoms with Crippen molar-refractivity contribution < 1.29 is 0 Å². The van der Waals surface area contributed by atoms with Crippen molar-refractivity contribution in [1.82, 2.24) is 5.43 Å². The van der Waals surface area contributed by atoms with E-state index in [1.54, 1.807) is 6.07 Å². The molecule has 106 valence electrons. The second kappa shape index (κ2) is 6.79. The zero-order valence-corrected chi connectivity index (χ0v) is 13.2. The molecule has 5 heteroatoms. The Morgan fingerprint density at radius 2 is 1.75 bits per heavy atom. The average molecular weight is 330 g/mol. The third kappa shape index (κ3) is 3.66. The molecule has 0 saturated heterocycles. The van der Waals surface area contributed by atoms with Crippen LogP contribution in [0.5, 0.6) is 0 Å². The smallest absolute Gasteiger partial charge is 0.0595 e. The third-order valence-electron chi connectivity index (χ3n) is 3.22. The Morgan fingerprint density at radius 3 is 2.35 bits per heavy atom. The molecule has 0 spiro atoms. The first kappa shape index (κ1) is 15.6. The first-order valence-electron chi connectivity index (χ1n) is 6.17. The van der Waals surface area contributed by atoms with Crippen LogP contribution in [0, 0.1) is 6.92 Å². The lowest BCUT2D eigenvalue weighted by Crippen LogP contribution is -2.29. The number of rotatable bonds is 4. The fraction of sp³-hybridized carbons (Fsp3) is 0.200. The van der Waals surface area contributed by atoms with Gasteiger partial charge in [0.2, 0.25) is 0 Å². The van der Waals surface area contributed by atoms with Crippen molar-refractivity contribution in [2.24, 2.45) is 5.84 Å². The van der Waals surface area contributed by atoms with E-state index in [1.807, 2.05) is 37.3 Å². The molecule has 0 amide bonds. The first-order valence-corrected chi connectivity index (χ1v) is 7.30. The minimum Gasteiger partial charge on any atom is -0.271 e. The molecule has 0 aliphatic carbocycles. The number of hydrazine groups is 1. The van der Waals surface area contributed by atoms with Gasteiger partial charge in [-0.15, -0.1) is 0 Å². The van der Waals surface area contributed by atoms with Gasteiger partial charge in [-0.25, -0.2) is 0 Å². The molecule has 2 aromatic rings. The lowest BCUT2D eigenvalue weighted by atomic mass is 9.98. The summed E-state index contributed by atoms with van der Waals surface area (Å²) in [7, 11) is 0. The number of nitrogens with one attached hydrogen (secondary N) is 1. The van der Waals surface area contributed by atoms with Crippen LogP contribution in [0.25, 0.3) is 0 Å². The zero-order chi connectivity index (χ0) is 14.7. The molecule has 0 aliphatic heterocycles. The number of hydrogen-bond donors (Lipinski definition) is 2. The molecule has 2 rings (SSSR count). The summed E-state index contributed by atoms with van der Waals surface area (Å²) in [6.45, 7) is 1.97. The minimum absolute atomic E-state index is 0.0367. The summed E-state index contributed by atoms with van der Waals surface area (Å²) in [5.74, 6) is 5.66. The van der Waals surface area contributed by atoms with Crippen LogP contribution in [0.4, 0.5) is 0 Å². The zero-order valence-electron chi connectivity index (χ0n) is 11.0. The molecular weight excluding hydrogens is 315 g/mol. The quantitative estimate of drug-likeness (QED) is 0.630. The van der Waals surface area contributed by atoms with E-state index in [9.17, 15) is 0 Å². The maximum Gasteiger partial charge on any atom is 0.0595 e. The highest BCUT2D eigenvalue weighted by atomic mass is 35.5. The molecule has 0 saturated carbocycles. The van der Waals surface area contributed by atoms with Gasteiger partial charge >= 0.3 is 0 Å². The summed E-state index contributed by atoms with van der Waals surface area (Å²) < 4.78 is 0. The van der Waals surface area contributed by atoms with Crippen molar-refractivity contribution in [1.29, 1.82) is 0 Å². The van der Waals surface area contributed by atoms with Crippen molar-refractivity contribution in [3.05, 3.63) is 68.2 Å². The summed E-state index contributed by atoms with van der Waals surface area (Å²) in [4.78, 5) is 0. The van der Waals surface area contributed by atoms with Gasteiger partial charge in [0.05, 0.1) is 16.1 Å². The molecule has 0 radical (unpaired) electrons. The second-order valence-corrected chi connectivity index (χ2v) is 5.90. The Kier molecular flexibility index (Phi) is 5.30. The SMILES string of the molecule is Cc1ccc(C(Cc2ccc(Cl)c(Cl)c2)NN)cc1Cl. The molecule has 0 heterocycles. The Bertz CT molecular complexity index is 614. The lowest BCUT2D eigenvalue weighted by molar-refractivity contribution is 0.552. The van der Waals surface area contributed by atoms with E-state index in [2.05, 4.69) is 5.43 Å². The van der Waals surface area contributed by atoms with E-state index in [0.29, 0.717) is 16.5 Å². The topological polar surface area (TPSA) is 38.0 Å². The highest BCUT2D eigenvalue weighted by molar-refractivity contribution is 6.42. The largest absolute Gasteiger partial charge is 0.271 e. The maximum absolute atomic E-state index is 6.16. The maximum atomic E-state index is 6.16. The highest BCUT2D eigenvalue weighted by Crippen LogP contribution is 2.27. The van der Waals surface area contributed by atoms with E-state index in [1.165, 1.54) is 0 Å². The van der Waals surface area contributed by atoms with Crippen LogP contribution in [0.15, 0.2) is 36.4 Å². The summed E-state index contributed by atoms with van der Waals surface area (Å²) in [6, 6.07) is 11.5. The Morgan fingerprint density at radius 1 is 1.00 bits per heavy atom. The lowest BCUT2D eigenvalue weighted by Gasteiger charge is -2.17. The van der Waals surface area contributed by atoms with Crippen LogP contribution < -0.4 is 11.3 Å². The van der Waals surface area contributed by atoms with Crippen molar-refractivity contribution >= 4 is 34.8 Å². The molecule has 20 heavy (non-hydrogen) atoms. The summed E-state index contributed by atoms with van der Waals surface area (Å²) >= 11 is 18.1. The summed E-state index contributed by atoms with van der Waals surface area (Å²) in [5, 5.41) is 1.82. The van der Waals surface area contributed by atoms with Crippen LogP contribution >= 0.6 is 34.8 Å². The van der Waals surface area contributed by atoms with Gasteiger partial charge in [0, 0.05) is 5.02 Å². The highest BCUT2D eigenvalue weighted by Gasteiger charge is 2.12. The summed E-state index contributed by atoms with van der Waals surface area (Å²) in [6.07, 6.45) is 0.701. The minimum atomic E-state index is -0.0367. The van der Waals surface area contributed by atoms with E-state index >= 15 is 0 Å². The van der Waals surface area contributed by atoms with Gasteiger partial charge in [0.25, 0.3) is 0 Å². The van der Waals surface area contributed by atoms with E-state index in [-0.39, 0.29) is 6.04 Å². The molecule has 2 aromatic carbocycles. The van der Waals surface area contributed by atoms with Gasteiger partial charge in [0.1, 0.15) is 0 Å². The predicted molar refractivity (Wildman–Crippen MR) is 86.4 cm³/mol. The molecular formula is C15H15Cl3N2. The number of aryl methyl sites for hydroxylation is 1. The van der Waals surface area contributed by atoms with Crippen LogP contribution in [0.2, 0.25) is 15.1 Å². The van der Waals surface area contributed by atoms with E-state index in [4.69, 9.17) is 40.6 Å². The number of benzene rings is 2. The molecule has 0 aliphatic rings. The number of nitrogens with two attached hydrogens (primary N) is 1. The first-order chi connectivity index (χ1) is 9.51. The Labute approximate surface area is 133 Å².